The fourth-order valence-electron chi connectivity index (χ4n) is 3.37. The van der Waals surface area contributed by atoms with Crippen LogP contribution in [0.4, 0.5) is 0 Å². The van der Waals surface area contributed by atoms with E-state index in [0.717, 1.165) is 26.2 Å². The third-order valence-electron chi connectivity index (χ3n) is 4.89. The van der Waals surface area contributed by atoms with E-state index in [1.165, 1.54) is 28.8 Å². The monoisotopic (exact) mass is 334 g/mol. The van der Waals surface area contributed by atoms with E-state index >= 15 is 0 Å². The van der Waals surface area contributed by atoms with Gasteiger partial charge in [0, 0.05) is 31.9 Å². The van der Waals surface area contributed by atoms with Crippen LogP contribution in [0.1, 0.15) is 24.5 Å². The number of nitrogens with two attached hydrogens (primary N) is 1. The van der Waals surface area contributed by atoms with Crippen LogP contribution in [0.2, 0.25) is 0 Å². The number of hydrogen-bond acceptors (Lipinski definition) is 3. The highest BCUT2D eigenvalue weighted by Crippen LogP contribution is 2.32. The summed E-state index contributed by atoms with van der Waals surface area (Å²) in [6.45, 7) is 8.41. The summed E-state index contributed by atoms with van der Waals surface area (Å²) in [5.41, 5.74) is 11.3. The zero-order valence-electron chi connectivity index (χ0n) is 14.2. The fraction of sp³-hybridized carbons (Fsp3) is 0.500. The molecular formula is C18H27ClN4. The van der Waals surface area contributed by atoms with Crippen molar-refractivity contribution < 1.29 is 0 Å². The third-order valence-corrected chi connectivity index (χ3v) is 4.89. The molecule has 1 saturated heterocycles. The number of rotatable bonds is 4. The number of nitrogens with zero attached hydrogens (tertiary/aromatic N) is 3. The van der Waals surface area contributed by atoms with Crippen molar-refractivity contribution in [2.45, 2.75) is 26.8 Å². The molecule has 0 spiro atoms. The molecule has 2 aromatic rings. The molecule has 1 aliphatic heterocycles. The molecule has 2 N–H and O–H groups in total. The fourth-order valence-corrected chi connectivity index (χ4v) is 3.37. The molecule has 3 rings (SSSR count). The second kappa shape index (κ2) is 7.04. The van der Waals surface area contributed by atoms with Gasteiger partial charge in [0.05, 0.1) is 5.69 Å². The largest absolute Gasteiger partial charge is 0.330 e. The van der Waals surface area contributed by atoms with E-state index in [1.807, 2.05) is 17.9 Å². The van der Waals surface area contributed by atoms with Crippen LogP contribution in [0.5, 0.6) is 0 Å². The van der Waals surface area contributed by atoms with Gasteiger partial charge in [0.25, 0.3) is 0 Å². The molecule has 1 atom stereocenters. The van der Waals surface area contributed by atoms with E-state index in [9.17, 15) is 0 Å². The Balaban J connectivity index is 0.00000192. The summed E-state index contributed by atoms with van der Waals surface area (Å²) in [4.78, 5) is 2.53. The van der Waals surface area contributed by atoms with Crippen molar-refractivity contribution in [2.24, 2.45) is 18.2 Å². The Morgan fingerprint density at radius 1 is 1.30 bits per heavy atom. The maximum Gasteiger partial charge on any atom is 0.0682 e. The number of aryl methyl sites for hydroxylation is 2. The van der Waals surface area contributed by atoms with Crippen molar-refractivity contribution >= 4 is 12.4 Å². The van der Waals surface area contributed by atoms with E-state index in [4.69, 9.17) is 5.73 Å². The molecule has 2 heterocycles. The average Bonchev–Trinajstić information content (AvgIpc) is 3.08. The molecule has 1 aromatic carbocycles. The first-order valence-electron chi connectivity index (χ1n) is 8.01. The second-order valence-corrected chi connectivity index (χ2v) is 6.98. The lowest BCUT2D eigenvalue weighted by atomic mass is 9.90. The Morgan fingerprint density at radius 2 is 2.09 bits per heavy atom. The Hall–Kier alpha value is -1.36. The number of likely N-dealkylation sites (tertiary alicyclic amines) is 1. The van der Waals surface area contributed by atoms with Crippen molar-refractivity contribution in [1.29, 1.82) is 0 Å². The van der Waals surface area contributed by atoms with Gasteiger partial charge in [0.15, 0.2) is 0 Å². The summed E-state index contributed by atoms with van der Waals surface area (Å²) in [7, 11) is 2.00. The molecule has 0 radical (unpaired) electrons. The third kappa shape index (κ3) is 3.77. The van der Waals surface area contributed by atoms with Crippen LogP contribution >= 0.6 is 12.4 Å². The van der Waals surface area contributed by atoms with Crippen molar-refractivity contribution in [2.75, 3.05) is 19.6 Å². The molecule has 126 valence electrons. The van der Waals surface area contributed by atoms with Gasteiger partial charge in [-0.15, -0.1) is 12.4 Å². The van der Waals surface area contributed by atoms with E-state index in [1.54, 1.807) is 0 Å². The van der Waals surface area contributed by atoms with Gasteiger partial charge in [0.2, 0.25) is 0 Å². The Labute approximate surface area is 145 Å². The van der Waals surface area contributed by atoms with Crippen molar-refractivity contribution in [1.82, 2.24) is 14.7 Å². The summed E-state index contributed by atoms with van der Waals surface area (Å²) < 4.78 is 1.95. The van der Waals surface area contributed by atoms with E-state index in [2.05, 4.69) is 48.1 Å². The molecular weight excluding hydrogens is 308 g/mol. The normalized spacial score (nSPS) is 21.4. The van der Waals surface area contributed by atoms with Crippen LogP contribution in [-0.2, 0) is 13.6 Å². The topological polar surface area (TPSA) is 47.1 Å². The number of aromatic nitrogens is 2. The summed E-state index contributed by atoms with van der Waals surface area (Å²) in [5, 5.41) is 4.32. The smallest absolute Gasteiger partial charge is 0.0682 e. The number of benzene rings is 1. The SMILES string of the molecule is Cc1ccc(CN2CCC(C)(CN)C2)c(-c2ccnn2C)c1.Cl. The van der Waals surface area contributed by atoms with E-state index in [-0.39, 0.29) is 17.8 Å². The van der Waals surface area contributed by atoms with Crippen molar-refractivity contribution in [3.63, 3.8) is 0 Å². The van der Waals surface area contributed by atoms with E-state index in [0.29, 0.717) is 0 Å². The first kappa shape index (κ1) is 18.0. The lowest BCUT2D eigenvalue weighted by Gasteiger charge is -2.23. The van der Waals surface area contributed by atoms with Gasteiger partial charge in [-0.05, 0) is 49.5 Å². The van der Waals surface area contributed by atoms with Crippen molar-refractivity contribution in [3.8, 4) is 11.3 Å². The highest BCUT2D eigenvalue weighted by atomic mass is 35.5. The lowest BCUT2D eigenvalue weighted by Crippen LogP contribution is -2.31. The second-order valence-electron chi connectivity index (χ2n) is 6.98. The number of hydrogen-bond donors (Lipinski definition) is 1. The van der Waals surface area contributed by atoms with Crippen molar-refractivity contribution in [3.05, 3.63) is 41.6 Å². The van der Waals surface area contributed by atoms with Gasteiger partial charge in [-0.1, -0.05) is 24.6 Å². The maximum atomic E-state index is 5.93. The predicted molar refractivity (Wildman–Crippen MR) is 97.7 cm³/mol. The summed E-state index contributed by atoms with van der Waals surface area (Å²) >= 11 is 0. The van der Waals surface area contributed by atoms with Gasteiger partial charge in [0.1, 0.15) is 0 Å². The average molecular weight is 335 g/mol. The minimum absolute atomic E-state index is 0. The Bertz CT molecular complexity index is 667. The molecule has 0 saturated carbocycles. The van der Waals surface area contributed by atoms with Crippen LogP contribution in [0.3, 0.4) is 0 Å². The van der Waals surface area contributed by atoms with Crippen LogP contribution in [0, 0.1) is 12.3 Å². The van der Waals surface area contributed by atoms with Gasteiger partial charge in [-0.2, -0.15) is 5.10 Å². The molecule has 5 heteroatoms. The Morgan fingerprint density at radius 3 is 2.70 bits per heavy atom. The molecule has 1 unspecified atom stereocenters. The van der Waals surface area contributed by atoms with Gasteiger partial charge in [-0.25, -0.2) is 0 Å². The molecule has 0 aliphatic carbocycles. The van der Waals surface area contributed by atoms with Crippen LogP contribution in [0.25, 0.3) is 11.3 Å². The highest BCUT2D eigenvalue weighted by molar-refractivity contribution is 5.85. The van der Waals surface area contributed by atoms with E-state index < -0.39 is 0 Å². The molecule has 1 aliphatic rings. The van der Waals surface area contributed by atoms with Gasteiger partial charge < -0.3 is 5.73 Å². The quantitative estimate of drug-likeness (QED) is 0.935. The predicted octanol–water partition coefficient (Wildman–Crippen LogP) is 2.99. The Kier molecular flexibility index (Phi) is 5.50. The van der Waals surface area contributed by atoms with Crippen LogP contribution in [0.15, 0.2) is 30.5 Å². The zero-order valence-corrected chi connectivity index (χ0v) is 15.1. The molecule has 1 aromatic heterocycles. The van der Waals surface area contributed by atoms with Crippen LogP contribution in [-0.4, -0.2) is 34.3 Å². The highest BCUT2D eigenvalue weighted by Gasteiger charge is 2.32. The summed E-state index contributed by atoms with van der Waals surface area (Å²) in [5.74, 6) is 0. The molecule has 23 heavy (non-hydrogen) atoms. The standard InChI is InChI=1S/C18H26N4.ClH/c1-14-4-5-15(11-22-9-7-18(2,12-19)13-22)16(10-14)17-6-8-20-21(17)3;/h4-6,8,10H,7,9,11-13,19H2,1-3H3;1H. The first-order valence-corrected chi connectivity index (χ1v) is 8.01. The molecule has 4 nitrogen and oxygen atoms in total. The molecule has 0 amide bonds. The van der Waals surface area contributed by atoms with Crippen LogP contribution < -0.4 is 5.73 Å². The maximum absolute atomic E-state index is 5.93. The van der Waals surface area contributed by atoms with Gasteiger partial charge >= 0.3 is 0 Å². The lowest BCUT2D eigenvalue weighted by molar-refractivity contribution is 0.274. The summed E-state index contributed by atoms with van der Waals surface area (Å²) in [6, 6.07) is 8.82. The zero-order chi connectivity index (χ0) is 15.7. The minimum Gasteiger partial charge on any atom is -0.330 e. The minimum atomic E-state index is 0. The summed E-state index contributed by atoms with van der Waals surface area (Å²) in [6.07, 6.45) is 3.05. The van der Waals surface area contributed by atoms with Gasteiger partial charge in [-0.3, -0.25) is 9.58 Å². The molecule has 0 bridgehead atoms. The first-order chi connectivity index (χ1) is 10.5. The number of halogens is 1. The molecule has 1 fully saturated rings.